The number of carboxylic acids is 1. The molecule has 1 aromatic carbocycles. The van der Waals surface area contributed by atoms with Crippen LogP contribution in [-0.2, 0) is 9.59 Å². The van der Waals surface area contributed by atoms with E-state index in [1.54, 1.807) is 13.2 Å². The first-order valence-corrected chi connectivity index (χ1v) is 7.21. The van der Waals surface area contributed by atoms with Gasteiger partial charge in [0, 0.05) is 0 Å². The van der Waals surface area contributed by atoms with Gasteiger partial charge in [-0.3, -0.25) is 9.59 Å². The quantitative estimate of drug-likeness (QED) is 0.894. The number of nitrogens with one attached hydrogen (secondary N) is 1. The lowest BCUT2D eigenvalue weighted by molar-refractivity contribution is -0.147. The van der Waals surface area contributed by atoms with Crippen LogP contribution in [0.2, 0.25) is 0 Å². The van der Waals surface area contributed by atoms with Gasteiger partial charge < -0.3 is 15.2 Å². The zero-order chi connectivity index (χ0) is 15.4. The van der Waals surface area contributed by atoms with E-state index in [0.29, 0.717) is 24.3 Å². The van der Waals surface area contributed by atoms with Crippen molar-refractivity contribution in [1.82, 2.24) is 0 Å². The number of hydrogen-bond acceptors (Lipinski definition) is 3. The van der Waals surface area contributed by atoms with Crippen LogP contribution in [0.3, 0.4) is 0 Å². The highest BCUT2D eigenvalue weighted by atomic mass is 16.5. The van der Waals surface area contributed by atoms with E-state index in [-0.39, 0.29) is 5.91 Å². The third-order valence-corrected chi connectivity index (χ3v) is 4.03. The van der Waals surface area contributed by atoms with Crippen molar-refractivity contribution in [3.63, 3.8) is 0 Å². The molecule has 0 radical (unpaired) electrons. The van der Waals surface area contributed by atoms with Crippen LogP contribution in [0, 0.1) is 18.8 Å². The molecule has 1 aliphatic rings. The molecule has 1 aromatic rings. The van der Waals surface area contributed by atoms with Crippen LogP contribution in [-0.4, -0.2) is 24.1 Å². The molecule has 2 atom stereocenters. The minimum Gasteiger partial charge on any atom is -0.495 e. The van der Waals surface area contributed by atoms with Gasteiger partial charge in [-0.2, -0.15) is 0 Å². The molecule has 1 amide bonds. The SMILES string of the molecule is COc1ccc(C)cc1NC(=O)[C@H]1CCCC[C@@H]1C(=O)O. The van der Waals surface area contributed by atoms with Crippen molar-refractivity contribution >= 4 is 17.6 Å². The van der Waals surface area contributed by atoms with Gasteiger partial charge in [0.05, 0.1) is 24.6 Å². The van der Waals surface area contributed by atoms with Crippen LogP contribution in [0.1, 0.15) is 31.2 Å². The molecule has 1 saturated carbocycles. The third kappa shape index (κ3) is 3.54. The largest absolute Gasteiger partial charge is 0.495 e. The summed E-state index contributed by atoms with van der Waals surface area (Å²) in [4.78, 5) is 23.7. The van der Waals surface area contributed by atoms with Gasteiger partial charge in [0.2, 0.25) is 5.91 Å². The molecule has 2 N–H and O–H groups in total. The van der Waals surface area contributed by atoms with Crippen molar-refractivity contribution in [3.05, 3.63) is 23.8 Å². The Bertz CT molecular complexity index is 541. The van der Waals surface area contributed by atoms with Gasteiger partial charge in [-0.05, 0) is 37.5 Å². The van der Waals surface area contributed by atoms with Crippen molar-refractivity contribution in [2.45, 2.75) is 32.6 Å². The van der Waals surface area contributed by atoms with E-state index in [2.05, 4.69) is 5.32 Å². The first kappa shape index (κ1) is 15.4. The molecular weight excluding hydrogens is 270 g/mol. The number of aryl methyl sites for hydroxylation is 1. The number of aliphatic carboxylic acids is 1. The Morgan fingerprint density at radius 3 is 2.52 bits per heavy atom. The second-order valence-electron chi connectivity index (χ2n) is 5.53. The third-order valence-electron chi connectivity index (χ3n) is 4.03. The van der Waals surface area contributed by atoms with Crippen molar-refractivity contribution < 1.29 is 19.4 Å². The van der Waals surface area contributed by atoms with Gasteiger partial charge in [0.15, 0.2) is 0 Å². The standard InChI is InChI=1S/C16H21NO4/c1-10-7-8-14(21-2)13(9-10)17-15(18)11-5-3-4-6-12(11)16(19)20/h7-9,11-12H,3-6H2,1-2H3,(H,17,18)(H,19,20)/t11-,12-/m0/s1. The molecule has 0 heterocycles. The van der Waals surface area contributed by atoms with Crippen molar-refractivity contribution in [1.29, 1.82) is 0 Å². The van der Waals surface area contributed by atoms with E-state index in [1.165, 1.54) is 0 Å². The van der Waals surface area contributed by atoms with Gasteiger partial charge in [-0.1, -0.05) is 18.9 Å². The number of methoxy groups -OCH3 is 1. The summed E-state index contributed by atoms with van der Waals surface area (Å²) < 4.78 is 5.23. The summed E-state index contributed by atoms with van der Waals surface area (Å²) in [5, 5.41) is 12.1. The van der Waals surface area contributed by atoms with E-state index in [9.17, 15) is 14.7 Å². The molecular formula is C16H21NO4. The van der Waals surface area contributed by atoms with Gasteiger partial charge in [-0.25, -0.2) is 0 Å². The van der Waals surface area contributed by atoms with E-state index in [4.69, 9.17) is 4.74 Å². The molecule has 0 spiro atoms. The average molecular weight is 291 g/mol. The van der Waals surface area contributed by atoms with Crippen LogP contribution >= 0.6 is 0 Å². The molecule has 21 heavy (non-hydrogen) atoms. The fraction of sp³-hybridized carbons (Fsp3) is 0.500. The number of carboxylic acid groups (broad SMARTS) is 1. The highest BCUT2D eigenvalue weighted by molar-refractivity contribution is 5.96. The zero-order valence-corrected chi connectivity index (χ0v) is 12.4. The number of carbonyl (C=O) groups is 2. The van der Waals surface area contributed by atoms with Crippen molar-refractivity contribution in [3.8, 4) is 5.75 Å². The molecule has 5 nitrogen and oxygen atoms in total. The molecule has 0 aliphatic heterocycles. The zero-order valence-electron chi connectivity index (χ0n) is 12.4. The second kappa shape index (κ2) is 6.61. The fourth-order valence-corrected chi connectivity index (χ4v) is 2.89. The van der Waals surface area contributed by atoms with E-state index in [1.807, 2.05) is 19.1 Å². The Morgan fingerprint density at radius 1 is 1.24 bits per heavy atom. The molecule has 5 heteroatoms. The Kier molecular flexibility index (Phi) is 4.83. The van der Waals surface area contributed by atoms with Gasteiger partial charge >= 0.3 is 5.97 Å². The topological polar surface area (TPSA) is 75.6 Å². The van der Waals surface area contributed by atoms with Crippen molar-refractivity contribution in [2.75, 3.05) is 12.4 Å². The maximum atomic E-state index is 12.4. The Balaban J connectivity index is 2.16. The predicted molar refractivity (Wildman–Crippen MR) is 79.4 cm³/mol. The summed E-state index contributed by atoms with van der Waals surface area (Å²) in [5.41, 5.74) is 1.60. The molecule has 1 aliphatic carbocycles. The van der Waals surface area contributed by atoms with Crippen LogP contribution < -0.4 is 10.1 Å². The smallest absolute Gasteiger partial charge is 0.307 e. The lowest BCUT2D eigenvalue weighted by Gasteiger charge is -2.27. The predicted octanol–water partition coefficient (Wildman–Crippen LogP) is 2.83. The summed E-state index contributed by atoms with van der Waals surface area (Å²) >= 11 is 0. The molecule has 114 valence electrons. The minimum absolute atomic E-state index is 0.231. The van der Waals surface area contributed by atoms with Gasteiger partial charge in [0.1, 0.15) is 5.75 Å². The summed E-state index contributed by atoms with van der Waals surface area (Å²) in [7, 11) is 1.54. The highest BCUT2D eigenvalue weighted by Gasteiger charge is 2.35. The van der Waals surface area contributed by atoms with Crippen LogP contribution in [0.15, 0.2) is 18.2 Å². The number of hydrogen-bond donors (Lipinski definition) is 2. The second-order valence-corrected chi connectivity index (χ2v) is 5.53. The lowest BCUT2D eigenvalue weighted by atomic mass is 9.78. The van der Waals surface area contributed by atoms with E-state index < -0.39 is 17.8 Å². The van der Waals surface area contributed by atoms with Crippen molar-refractivity contribution in [2.24, 2.45) is 11.8 Å². The maximum Gasteiger partial charge on any atom is 0.307 e. The normalized spacial score (nSPS) is 21.6. The first-order chi connectivity index (χ1) is 10.0. The van der Waals surface area contributed by atoms with Gasteiger partial charge in [-0.15, -0.1) is 0 Å². The lowest BCUT2D eigenvalue weighted by Crippen LogP contribution is -2.36. The monoisotopic (exact) mass is 291 g/mol. The van der Waals surface area contributed by atoms with Crippen LogP contribution in [0.4, 0.5) is 5.69 Å². The number of benzene rings is 1. The Morgan fingerprint density at radius 2 is 1.90 bits per heavy atom. The van der Waals surface area contributed by atoms with Crippen LogP contribution in [0.25, 0.3) is 0 Å². The van der Waals surface area contributed by atoms with E-state index >= 15 is 0 Å². The van der Waals surface area contributed by atoms with E-state index in [0.717, 1.165) is 18.4 Å². The van der Waals surface area contributed by atoms with Gasteiger partial charge in [0.25, 0.3) is 0 Å². The average Bonchev–Trinajstić information content (AvgIpc) is 2.47. The number of ether oxygens (including phenoxy) is 1. The molecule has 1 fully saturated rings. The number of carbonyl (C=O) groups excluding carboxylic acids is 1. The number of anilines is 1. The summed E-state index contributed by atoms with van der Waals surface area (Å²) in [6, 6.07) is 5.52. The maximum absolute atomic E-state index is 12.4. The fourth-order valence-electron chi connectivity index (χ4n) is 2.89. The molecule has 0 unspecified atom stereocenters. The minimum atomic E-state index is -0.883. The molecule has 0 saturated heterocycles. The first-order valence-electron chi connectivity index (χ1n) is 7.21. The summed E-state index contributed by atoms with van der Waals surface area (Å²) in [6.07, 6.45) is 2.95. The Hall–Kier alpha value is -2.04. The molecule has 0 aromatic heterocycles. The number of amides is 1. The number of rotatable bonds is 4. The molecule has 2 rings (SSSR count). The Labute approximate surface area is 124 Å². The summed E-state index contributed by atoms with van der Waals surface area (Å²) in [6.45, 7) is 1.93. The van der Waals surface area contributed by atoms with Crippen LogP contribution in [0.5, 0.6) is 5.75 Å². The molecule has 0 bridgehead atoms. The highest BCUT2D eigenvalue weighted by Crippen LogP contribution is 2.33. The summed E-state index contributed by atoms with van der Waals surface area (Å²) in [5.74, 6) is -1.59.